The molecule has 0 aliphatic heterocycles. The SMILES string of the molecule is C#Cc1cc(F)c(F)cc1NC(N)=S. The van der Waals surface area contributed by atoms with Crippen molar-refractivity contribution in [1.29, 1.82) is 0 Å². The number of benzene rings is 1. The predicted octanol–water partition coefficient (Wildman–Crippen LogP) is 1.60. The van der Waals surface area contributed by atoms with Gasteiger partial charge in [-0.2, -0.15) is 0 Å². The average molecular weight is 212 g/mol. The first-order valence-corrected chi connectivity index (χ1v) is 3.97. The molecule has 0 radical (unpaired) electrons. The molecule has 0 amide bonds. The maximum absolute atomic E-state index is 12.8. The van der Waals surface area contributed by atoms with E-state index in [-0.39, 0.29) is 16.4 Å². The Morgan fingerprint density at radius 2 is 2.00 bits per heavy atom. The first kappa shape index (κ1) is 10.4. The predicted molar refractivity (Wildman–Crippen MR) is 54.7 cm³/mol. The van der Waals surface area contributed by atoms with Crippen molar-refractivity contribution in [2.75, 3.05) is 5.32 Å². The van der Waals surface area contributed by atoms with Crippen LogP contribution in [0.1, 0.15) is 5.56 Å². The number of hydrogen-bond donors (Lipinski definition) is 2. The van der Waals surface area contributed by atoms with Gasteiger partial charge >= 0.3 is 0 Å². The highest BCUT2D eigenvalue weighted by molar-refractivity contribution is 7.80. The molecule has 0 saturated carbocycles. The number of thiocarbonyl (C=S) groups is 1. The molecule has 1 aromatic rings. The summed E-state index contributed by atoms with van der Waals surface area (Å²) in [5, 5.41) is 2.39. The van der Waals surface area contributed by atoms with Crippen LogP contribution in [-0.4, -0.2) is 5.11 Å². The monoisotopic (exact) mass is 212 g/mol. The molecule has 0 fully saturated rings. The van der Waals surface area contributed by atoms with E-state index >= 15 is 0 Å². The first-order valence-electron chi connectivity index (χ1n) is 3.56. The van der Waals surface area contributed by atoms with Crippen molar-refractivity contribution in [2.24, 2.45) is 5.73 Å². The fraction of sp³-hybridized carbons (Fsp3) is 0. The van der Waals surface area contributed by atoms with E-state index in [2.05, 4.69) is 23.5 Å². The van der Waals surface area contributed by atoms with E-state index in [4.69, 9.17) is 12.2 Å². The van der Waals surface area contributed by atoms with Crippen LogP contribution in [0.4, 0.5) is 14.5 Å². The summed E-state index contributed by atoms with van der Waals surface area (Å²) < 4.78 is 25.5. The van der Waals surface area contributed by atoms with Crippen LogP contribution in [0, 0.1) is 24.0 Å². The van der Waals surface area contributed by atoms with Crippen LogP contribution >= 0.6 is 12.2 Å². The zero-order valence-corrected chi connectivity index (χ0v) is 7.79. The third kappa shape index (κ3) is 2.18. The van der Waals surface area contributed by atoms with Crippen molar-refractivity contribution < 1.29 is 8.78 Å². The molecule has 2 nitrogen and oxygen atoms in total. The second kappa shape index (κ2) is 4.03. The van der Waals surface area contributed by atoms with Gasteiger partial charge in [-0.25, -0.2) is 8.78 Å². The van der Waals surface area contributed by atoms with E-state index in [1.54, 1.807) is 0 Å². The molecule has 0 spiro atoms. The number of rotatable bonds is 1. The van der Waals surface area contributed by atoms with Crippen molar-refractivity contribution in [2.45, 2.75) is 0 Å². The molecule has 0 heterocycles. The molecule has 0 aliphatic rings. The maximum Gasteiger partial charge on any atom is 0.168 e. The van der Waals surface area contributed by atoms with Gasteiger partial charge in [-0.15, -0.1) is 6.42 Å². The number of nitrogens with two attached hydrogens (primary N) is 1. The summed E-state index contributed by atoms with van der Waals surface area (Å²) >= 11 is 4.54. The lowest BCUT2D eigenvalue weighted by molar-refractivity contribution is 0.509. The van der Waals surface area contributed by atoms with Gasteiger partial charge in [-0.1, -0.05) is 5.92 Å². The van der Waals surface area contributed by atoms with E-state index in [9.17, 15) is 8.78 Å². The van der Waals surface area contributed by atoms with Crippen LogP contribution in [0.25, 0.3) is 0 Å². The van der Waals surface area contributed by atoms with Gasteiger partial charge in [0.2, 0.25) is 0 Å². The number of terminal acetylenes is 1. The van der Waals surface area contributed by atoms with E-state index in [1.165, 1.54) is 0 Å². The molecule has 14 heavy (non-hydrogen) atoms. The third-order valence-electron chi connectivity index (χ3n) is 1.47. The van der Waals surface area contributed by atoms with Gasteiger partial charge in [-0.05, 0) is 18.3 Å². The molecular weight excluding hydrogens is 206 g/mol. The van der Waals surface area contributed by atoms with E-state index in [0.29, 0.717) is 0 Å². The van der Waals surface area contributed by atoms with Crippen molar-refractivity contribution in [1.82, 2.24) is 0 Å². The summed E-state index contributed by atoms with van der Waals surface area (Å²) in [6, 6.07) is 1.81. The summed E-state index contributed by atoms with van der Waals surface area (Å²) in [5.41, 5.74) is 5.51. The molecule has 0 saturated heterocycles. The highest BCUT2D eigenvalue weighted by atomic mass is 32.1. The fourth-order valence-electron chi connectivity index (χ4n) is 0.902. The smallest absolute Gasteiger partial charge is 0.168 e. The zero-order chi connectivity index (χ0) is 10.7. The molecule has 1 aromatic carbocycles. The Labute approximate surface area is 85.1 Å². The Bertz CT molecular complexity index is 424. The zero-order valence-electron chi connectivity index (χ0n) is 6.97. The number of nitrogens with one attached hydrogen (secondary N) is 1. The van der Waals surface area contributed by atoms with Crippen LogP contribution in [0.3, 0.4) is 0 Å². The standard InChI is InChI=1S/C9H6F2N2S/c1-2-5-3-6(10)7(11)4-8(5)13-9(12)14/h1,3-4H,(H3,12,13,14). The number of halogens is 2. The summed E-state index contributed by atoms with van der Waals surface area (Å²) in [7, 11) is 0. The second-order valence-electron chi connectivity index (χ2n) is 2.45. The Morgan fingerprint density at radius 3 is 2.50 bits per heavy atom. The van der Waals surface area contributed by atoms with Crippen molar-refractivity contribution in [3.8, 4) is 12.3 Å². The van der Waals surface area contributed by atoms with Gasteiger partial charge in [0.05, 0.1) is 11.3 Å². The Morgan fingerprint density at radius 1 is 1.43 bits per heavy atom. The van der Waals surface area contributed by atoms with Crippen molar-refractivity contribution in [3.63, 3.8) is 0 Å². The van der Waals surface area contributed by atoms with Crippen molar-refractivity contribution in [3.05, 3.63) is 29.3 Å². The Balaban J connectivity index is 3.22. The minimum absolute atomic E-state index is 0.0625. The van der Waals surface area contributed by atoms with Crippen LogP contribution in [0.15, 0.2) is 12.1 Å². The minimum Gasteiger partial charge on any atom is -0.376 e. The summed E-state index contributed by atoms with van der Waals surface area (Å²) in [6.07, 6.45) is 5.08. The maximum atomic E-state index is 12.8. The van der Waals surface area contributed by atoms with E-state index < -0.39 is 11.6 Å². The quantitative estimate of drug-likeness (QED) is 0.548. The lowest BCUT2D eigenvalue weighted by atomic mass is 10.2. The lowest BCUT2D eigenvalue weighted by Gasteiger charge is -2.06. The lowest BCUT2D eigenvalue weighted by Crippen LogP contribution is -2.19. The first-order chi connectivity index (χ1) is 6.54. The normalized spacial score (nSPS) is 9.21. The van der Waals surface area contributed by atoms with E-state index in [0.717, 1.165) is 12.1 Å². The number of anilines is 1. The van der Waals surface area contributed by atoms with Gasteiger partial charge in [0, 0.05) is 6.07 Å². The molecule has 0 unspecified atom stereocenters. The molecule has 5 heteroatoms. The Kier molecular flexibility index (Phi) is 2.99. The van der Waals surface area contributed by atoms with Gasteiger partial charge in [0.25, 0.3) is 0 Å². The van der Waals surface area contributed by atoms with Gasteiger partial charge in [0.1, 0.15) is 0 Å². The molecule has 0 bridgehead atoms. The van der Waals surface area contributed by atoms with Gasteiger partial charge < -0.3 is 11.1 Å². The highest BCUT2D eigenvalue weighted by Gasteiger charge is 2.08. The van der Waals surface area contributed by atoms with Crippen LogP contribution in [0.2, 0.25) is 0 Å². The van der Waals surface area contributed by atoms with Gasteiger partial charge in [0.15, 0.2) is 16.7 Å². The number of hydrogen-bond acceptors (Lipinski definition) is 1. The van der Waals surface area contributed by atoms with Crippen LogP contribution in [0.5, 0.6) is 0 Å². The second-order valence-corrected chi connectivity index (χ2v) is 2.89. The largest absolute Gasteiger partial charge is 0.376 e. The summed E-state index contributed by atoms with van der Waals surface area (Å²) in [6.45, 7) is 0. The van der Waals surface area contributed by atoms with Crippen molar-refractivity contribution >= 4 is 23.0 Å². The fourth-order valence-corrected chi connectivity index (χ4v) is 1.01. The molecular formula is C9H6F2N2S. The topological polar surface area (TPSA) is 38.0 Å². The molecule has 0 aromatic heterocycles. The molecule has 72 valence electrons. The van der Waals surface area contributed by atoms with Crippen LogP contribution in [-0.2, 0) is 0 Å². The minimum atomic E-state index is -1.01. The third-order valence-corrected chi connectivity index (χ3v) is 1.58. The molecule has 1 rings (SSSR count). The van der Waals surface area contributed by atoms with Gasteiger partial charge in [-0.3, -0.25) is 0 Å². The molecule has 0 atom stereocenters. The highest BCUT2D eigenvalue weighted by Crippen LogP contribution is 2.18. The summed E-state index contributed by atoms with van der Waals surface area (Å²) in [4.78, 5) is 0. The average Bonchev–Trinajstić information content (AvgIpc) is 2.10. The molecule has 3 N–H and O–H groups in total. The van der Waals surface area contributed by atoms with Crippen LogP contribution < -0.4 is 11.1 Å². The Hall–Kier alpha value is -1.67. The summed E-state index contributed by atoms with van der Waals surface area (Å²) in [5.74, 6) is 0.165. The van der Waals surface area contributed by atoms with E-state index in [1.807, 2.05) is 0 Å². The molecule has 0 aliphatic carbocycles.